The van der Waals surface area contributed by atoms with Gasteiger partial charge in [0.25, 0.3) is 5.91 Å². The van der Waals surface area contributed by atoms with E-state index < -0.39 is 11.6 Å². The number of anilines is 1. The standard InChI is InChI=1S/C15H20F2N2O/c1-3-19(9-10-5-4-6-10)15(20)11-7-12(16)14(18-2)13(17)8-11/h7-8,10,18H,3-6,9H2,1-2H3. The van der Waals surface area contributed by atoms with Gasteiger partial charge in [-0.15, -0.1) is 0 Å². The van der Waals surface area contributed by atoms with Gasteiger partial charge in [-0.3, -0.25) is 4.79 Å². The van der Waals surface area contributed by atoms with Crippen molar-refractivity contribution in [2.45, 2.75) is 26.2 Å². The number of hydrogen-bond donors (Lipinski definition) is 1. The van der Waals surface area contributed by atoms with E-state index in [0.717, 1.165) is 25.0 Å². The summed E-state index contributed by atoms with van der Waals surface area (Å²) in [5, 5.41) is 2.45. The van der Waals surface area contributed by atoms with Gasteiger partial charge in [-0.1, -0.05) is 6.42 Å². The number of carbonyl (C=O) groups excluding carboxylic acids is 1. The van der Waals surface area contributed by atoms with Gasteiger partial charge in [-0.25, -0.2) is 8.78 Å². The monoisotopic (exact) mass is 282 g/mol. The Balaban J connectivity index is 2.18. The number of rotatable bonds is 5. The molecule has 1 fully saturated rings. The van der Waals surface area contributed by atoms with E-state index in [-0.39, 0.29) is 17.2 Å². The minimum absolute atomic E-state index is 0.0696. The van der Waals surface area contributed by atoms with Gasteiger partial charge in [0.1, 0.15) is 17.3 Å². The van der Waals surface area contributed by atoms with Crippen molar-refractivity contribution in [2.24, 2.45) is 5.92 Å². The summed E-state index contributed by atoms with van der Waals surface area (Å²) >= 11 is 0. The third-order valence-electron chi connectivity index (χ3n) is 3.91. The zero-order valence-corrected chi connectivity index (χ0v) is 11.9. The minimum atomic E-state index is -0.740. The van der Waals surface area contributed by atoms with Gasteiger partial charge < -0.3 is 10.2 Å². The Bertz CT molecular complexity index is 478. The van der Waals surface area contributed by atoms with Crippen LogP contribution in [0.3, 0.4) is 0 Å². The second-order valence-electron chi connectivity index (χ2n) is 5.21. The second-order valence-corrected chi connectivity index (χ2v) is 5.21. The molecule has 1 amide bonds. The van der Waals surface area contributed by atoms with Gasteiger partial charge >= 0.3 is 0 Å². The molecule has 2 rings (SSSR count). The first-order valence-corrected chi connectivity index (χ1v) is 7.02. The van der Waals surface area contributed by atoms with Crippen LogP contribution in [0.5, 0.6) is 0 Å². The molecule has 1 aliphatic rings. The molecule has 0 heterocycles. The maximum Gasteiger partial charge on any atom is 0.254 e. The Labute approximate surface area is 118 Å². The first-order chi connectivity index (χ1) is 9.56. The van der Waals surface area contributed by atoms with E-state index in [4.69, 9.17) is 0 Å². The maximum absolute atomic E-state index is 13.7. The van der Waals surface area contributed by atoms with Crippen molar-refractivity contribution in [1.29, 1.82) is 0 Å². The molecule has 0 unspecified atom stereocenters. The molecule has 20 heavy (non-hydrogen) atoms. The Morgan fingerprint density at radius 1 is 1.35 bits per heavy atom. The van der Waals surface area contributed by atoms with E-state index in [1.165, 1.54) is 13.5 Å². The summed E-state index contributed by atoms with van der Waals surface area (Å²) in [5.74, 6) is -1.25. The average Bonchev–Trinajstić information content (AvgIpc) is 2.36. The fraction of sp³-hybridized carbons (Fsp3) is 0.533. The molecule has 0 bridgehead atoms. The minimum Gasteiger partial charge on any atom is -0.383 e. The predicted molar refractivity (Wildman–Crippen MR) is 74.8 cm³/mol. The lowest BCUT2D eigenvalue weighted by Crippen LogP contribution is -2.37. The van der Waals surface area contributed by atoms with Crippen molar-refractivity contribution in [2.75, 3.05) is 25.5 Å². The highest BCUT2D eigenvalue weighted by Crippen LogP contribution is 2.28. The van der Waals surface area contributed by atoms with Crippen molar-refractivity contribution < 1.29 is 13.6 Å². The number of benzene rings is 1. The highest BCUT2D eigenvalue weighted by Gasteiger charge is 2.24. The van der Waals surface area contributed by atoms with Crippen LogP contribution in [0.2, 0.25) is 0 Å². The molecule has 0 spiro atoms. The molecule has 0 aromatic heterocycles. The van der Waals surface area contributed by atoms with Crippen LogP contribution in [0.1, 0.15) is 36.5 Å². The zero-order valence-electron chi connectivity index (χ0n) is 11.9. The van der Waals surface area contributed by atoms with Crippen LogP contribution >= 0.6 is 0 Å². The van der Waals surface area contributed by atoms with Crippen molar-refractivity contribution >= 4 is 11.6 Å². The summed E-state index contributed by atoms with van der Waals surface area (Å²) in [6.45, 7) is 3.10. The van der Waals surface area contributed by atoms with Crippen LogP contribution in [0.25, 0.3) is 0 Å². The zero-order chi connectivity index (χ0) is 14.7. The van der Waals surface area contributed by atoms with Crippen molar-refractivity contribution in [3.8, 4) is 0 Å². The summed E-state index contributed by atoms with van der Waals surface area (Å²) in [4.78, 5) is 14.0. The maximum atomic E-state index is 13.7. The van der Waals surface area contributed by atoms with Gasteiger partial charge in [0.2, 0.25) is 0 Å². The van der Waals surface area contributed by atoms with E-state index in [1.807, 2.05) is 6.92 Å². The van der Waals surface area contributed by atoms with E-state index in [2.05, 4.69) is 5.32 Å². The van der Waals surface area contributed by atoms with E-state index in [1.54, 1.807) is 4.90 Å². The molecule has 0 aliphatic heterocycles. The molecule has 1 aliphatic carbocycles. The largest absolute Gasteiger partial charge is 0.383 e. The normalized spacial score (nSPS) is 14.8. The van der Waals surface area contributed by atoms with E-state index >= 15 is 0 Å². The lowest BCUT2D eigenvalue weighted by atomic mass is 9.85. The lowest BCUT2D eigenvalue weighted by molar-refractivity contribution is 0.0705. The predicted octanol–water partition coefficient (Wildman–Crippen LogP) is 3.27. The summed E-state index contributed by atoms with van der Waals surface area (Å²) in [7, 11) is 1.44. The first-order valence-electron chi connectivity index (χ1n) is 7.02. The molecule has 3 nitrogen and oxygen atoms in total. The molecule has 0 saturated heterocycles. The van der Waals surface area contributed by atoms with Gasteiger partial charge in [-0.05, 0) is 37.8 Å². The Hall–Kier alpha value is -1.65. The molecule has 1 aromatic rings. The van der Waals surface area contributed by atoms with Gasteiger partial charge in [-0.2, -0.15) is 0 Å². The third-order valence-corrected chi connectivity index (χ3v) is 3.91. The molecule has 1 aromatic carbocycles. The highest BCUT2D eigenvalue weighted by molar-refractivity contribution is 5.94. The number of halogens is 2. The number of nitrogens with one attached hydrogen (secondary N) is 1. The SMILES string of the molecule is CCN(CC1CCC1)C(=O)c1cc(F)c(NC)c(F)c1. The number of carbonyl (C=O) groups is 1. The van der Waals surface area contributed by atoms with E-state index in [0.29, 0.717) is 19.0 Å². The fourth-order valence-corrected chi connectivity index (χ4v) is 2.46. The number of nitrogens with zero attached hydrogens (tertiary/aromatic N) is 1. The Kier molecular flexibility index (Phi) is 4.57. The first kappa shape index (κ1) is 14.8. The van der Waals surface area contributed by atoms with Crippen LogP contribution in [0.15, 0.2) is 12.1 Å². The summed E-state index contributed by atoms with van der Waals surface area (Å²) in [6.07, 6.45) is 3.47. The van der Waals surface area contributed by atoms with Crippen LogP contribution in [-0.2, 0) is 0 Å². The molecular weight excluding hydrogens is 262 g/mol. The smallest absolute Gasteiger partial charge is 0.254 e. The molecule has 5 heteroatoms. The van der Waals surface area contributed by atoms with Crippen LogP contribution in [-0.4, -0.2) is 30.9 Å². The van der Waals surface area contributed by atoms with Gasteiger partial charge in [0.15, 0.2) is 0 Å². The van der Waals surface area contributed by atoms with Gasteiger partial charge in [0.05, 0.1) is 0 Å². The lowest BCUT2D eigenvalue weighted by Gasteiger charge is -2.31. The summed E-state index contributed by atoms with van der Waals surface area (Å²) in [5.41, 5.74) is -0.135. The number of amides is 1. The van der Waals surface area contributed by atoms with Crippen molar-refractivity contribution in [3.63, 3.8) is 0 Å². The van der Waals surface area contributed by atoms with Crippen molar-refractivity contribution in [1.82, 2.24) is 4.90 Å². The number of hydrogen-bond acceptors (Lipinski definition) is 2. The third kappa shape index (κ3) is 2.92. The van der Waals surface area contributed by atoms with Crippen molar-refractivity contribution in [3.05, 3.63) is 29.3 Å². The molecule has 0 atom stereocenters. The second kappa shape index (κ2) is 6.20. The summed E-state index contributed by atoms with van der Waals surface area (Å²) in [6, 6.07) is 2.20. The quantitative estimate of drug-likeness (QED) is 0.899. The van der Waals surface area contributed by atoms with E-state index in [9.17, 15) is 13.6 Å². The molecular formula is C15H20F2N2O. The van der Waals surface area contributed by atoms with Crippen LogP contribution in [0.4, 0.5) is 14.5 Å². The molecule has 0 radical (unpaired) electrons. The molecule has 1 saturated carbocycles. The van der Waals surface area contributed by atoms with Crippen LogP contribution < -0.4 is 5.32 Å². The highest BCUT2D eigenvalue weighted by atomic mass is 19.1. The van der Waals surface area contributed by atoms with Crippen LogP contribution in [0, 0.1) is 17.6 Å². The molecule has 110 valence electrons. The average molecular weight is 282 g/mol. The fourth-order valence-electron chi connectivity index (χ4n) is 2.46. The summed E-state index contributed by atoms with van der Waals surface area (Å²) < 4.78 is 27.4. The topological polar surface area (TPSA) is 32.3 Å². The van der Waals surface area contributed by atoms with Gasteiger partial charge in [0, 0.05) is 25.7 Å². The Morgan fingerprint density at radius 3 is 2.35 bits per heavy atom. The Morgan fingerprint density at radius 2 is 1.95 bits per heavy atom. The molecule has 1 N–H and O–H groups in total.